The summed E-state index contributed by atoms with van der Waals surface area (Å²) in [4.78, 5) is 18.4. The highest BCUT2D eigenvalue weighted by Crippen LogP contribution is 2.22. The number of aromatic nitrogens is 1. The van der Waals surface area contributed by atoms with Gasteiger partial charge in [0.1, 0.15) is 5.69 Å². The molecule has 0 saturated carbocycles. The second-order valence-electron chi connectivity index (χ2n) is 5.53. The van der Waals surface area contributed by atoms with Gasteiger partial charge in [0.2, 0.25) is 0 Å². The first-order valence-electron chi connectivity index (χ1n) is 6.43. The molecule has 5 heteroatoms. The van der Waals surface area contributed by atoms with Gasteiger partial charge in [-0.2, -0.15) is 0 Å². The van der Waals surface area contributed by atoms with Crippen molar-refractivity contribution in [1.82, 2.24) is 9.88 Å². The third-order valence-electron chi connectivity index (χ3n) is 3.08. The van der Waals surface area contributed by atoms with E-state index in [9.17, 15) is 9.90 Å². The first kappa shape index (κ1) is 14.0. The van der Waals surface area contributed by atoms with Crippen LogP contribution in [0.1, 0.15) is 30.0 Å². The minimum atomic E-state index is -0.453. The third-order valence-corrected chi connectivity index (χ3v) is 3.08. The monoisotopic (exact) mass is 264 g/mol. The first-order valence-corrected chi connectivity index (χ1v) is 6.43. The van der Waals surface area contributed by atoms with Crippen LogP contribution in [0, 0.1) is 6.92 Å². The second-order valence-corrected chi connectivity index (χ2v) is 5.53. The molecule has 1 aromatic rings. The van der Waals surface area contributed by atoms with Crippen molar-refractivity contribution in [2.45, 2.75) is 32.5 Å². The molecular formula is C14H20N2O3. The molecule has 1 aromatic heterocycles. The van der Waals surface area contributed by atoms with Crippen LogP contribution in [0.5, 0.6) is 0 Å². The van der Waals surface area contributed by atoms with Gasteiger partial charge in [-0.15, -0.1) is 0 Å². The van der Waals surface area contributed by atoms with Crippen LogP contribution in [0.2, 0.25) is 0 Å². The minimum Gasteiger partial charge on any atom is -0.394 e. The number of carbonyl (C=O) groups is 1. The first-order chi connectivity index (χ1) is 8.91. The fourth-order valence-electron chi connectivity index (χ4n) is 2.37. The lowest BCUT2D eigenvalue weighted by atomic mass is 10.0. The summed E-state index contributed by atoms with van der Waals surface area (Å²) >= 11 is 0. The van der Waals surface area contributed by atoms with E-state index >= 15 is 0 Å². The normalized spacial score (nSPS) is 22.3. The molecule has 1 unspecified atom stereocenters. The van der Waals surface area contributed by atoms with Gasteiger partial charge in [0.25, 0.3) is 5.91 Å². The Hall–Kier alpha value is -1.46. The van der Waals surface area contributed by atoms with Crippen molar-refractivity contribution in [3.05, 3.63) is 29.6 Å². The molecule has 1 aliphatic heterocycles. The summed E-state index contributed by atoms with van der Waals surface area (Å²) in [6.45, 7) is 6.49. The van der Waals surface area contributed by atoms with Crippen LogP contribution in [0.25, 0.3) is 0 Å². The molecule has 5 nitrogen and oxygen atoms in total. The van der Waals surface area contributed by atoms with E-state index in [0.717, 1.165) is 5.69 Å². The molecule has 0 radical (unpaired) electrons. The van der Waals surface area contributed by atoms with E-state index in [0.29, 0.717) is 18.8 Å². The maximum absolute atomic E-state index is 12.4. The Kier molecular flexibility index (Phi) is 3.87. The van der Waals surface area contributed by atoms with Gasteiger partial charge in [-0.3, -0.25) is 4.79 Å². The predicted octanol–water partition coefficient (Wildman–Crippen LogP) is 1.00. The quantitative estimate of drug-likeness (QED) is 0.865. The van der Waals surface area contributed by atoms with Crippen LogP contribution in [0.3, 0.4) is 0 Å². The third kappa shape index (κ3) is 3.30. The van der Waals surface area contributed by atoms with Crippen LogP contribution < -0.4 is 0 Å². The minimum absolute atomic E-state index is 0.0888. The zero-order valence-electron chi connectivity index (χ0n) is 11.6. The van der Waals surface area contributed by atoms with Gasteiger partial charge in [-0.1, -0.05) is 6.07 Å². The van der Waals surface area contributed by atoms with Crippen molar-refractivity contribution < 1.29 is 14.6 Å². The number of hydrogen-bond acceptors (Lipinski definition) is 4. The largest absolute Gasteiger partial charge is 0.394 e. The van der Waals surface area contributed by atoms with Crippen molar-refractivity contribution in [3.8, 4) is 0 Å². The molecule has 1 atom stereocenters. The summed E-state index contributed by atoms with van der Waals surface area (Å²) in [5.74, 6) is -0.112. The number of carbonyl (C=O) groups excluding carboxylic acids is 1. The number of aryl methyl sites for hydroxylation is 1. The highest BCUT2D eigenvalue weighted by Gasteiger charge is 2.35. The topological polar surface area (TPSA) is 62.7 Å². The van der Waals surface area contributed by atoms with Gasteiger partial charge in [-0.25, -0.2) is 4.98 Å². The van der Waals surface area contributed by atoms with E-state index < -0.39 is 5.60 Å². The van der Waals surface area contributed by atoms with E-state index in [4.69, 9.17) is 4.74 Å². The van der Waals surface area contributed by atoms with E-state index in [1.165, 1.54) is 0 Å². The number of pyridine rings is 1. The van der Waals surface area contributed by atoms with Gasteiger partial charge < -0.3 is 14.7 Å². The van der Waals surface area contributed by atoms with Gasteiger partial charge in [-0.05, 0) is 32.9 Å². The highest BCUT2D eigenvalue weighted by molar-refractivity contribution is 5.92. The van der Waals surface area contributed by atoms with E-state index in [1.807, 2.05) is 32.9 Å². The highest BCUT2D eigenvalue weighted by atomic mass is 16.5. The van der Waals surface area contributed by atoms with Crippen molar-refractivity contribution in [2.75, 3.05) is 19.7 Å². The van der Waals surface area contributed by atoms with Crippen LogP contribution in [-0.2, 0) is 4.74 Å². The summed E-state index contributed by atoms with van der Waals surface area (Å²) in [5.41, 5.74) is 0.803. The number of ether oxygens (including phenoxy) is 1. The standard InChI is InChI=1S/C14H20N2O3/c1-10-5-4-6-12(15-10)13(18)16-7-11(8-17)19-14(2,3)9-16/h4-6,11,17H,7-9H2,1-3H3. The van der Waals surface area contributed by atoms with Crippen molar-refractivity contribution in [2.24, 2.45) is 0 Å². The van der Waals surface area contributed by atoms with Crippen molar-refractivity contribution >= 4 is 5.91 Å². The second kappa shape index (κ2) is 5.27. The molecule has 2 heterocycles. The van der Waals surface area contributed by atoms with Crippen LogP contribution >= 0.6 is 0 Å². The van der Waals surface area contributed by atoms with Crippen molar-refractivity contribution in [1.29, 1.82) is 0 Å². The molecule has 1 saturated heterocycles. The smallest absolute Gasteiger partial charge is 0.272 e. The van der Waals surface area contributed by atoms with Crippen LogP contribution in [0.4, 0.5) is 0 Å². The summed E-state index contributed by atoms with van der Waals surface area (Å²) in [5, 5.41) is 9.26. The SMILES string of the molecule is Cc1cccc(C(=O)N2CC(CO)OC(C)(C)C2)n1. The maximum atomic E-state index is 12.4. The fraction of sp³-hybridized carbons (Fsp3) is 0.571. The molecule has 1 fully saturated rings. The van der Waals surface area contributed by atoms with Crippen molar-refractivity contribution in [3.63, 3.8) is 0 Å². The summed E-state index contributed by atoms with van der Waals surface area (Å²) in [7, 11) is 0. The van der Waals surface area contributed by atoms with Crippen LogP contribution in [-0.4, -0.2) is 52.3 Å². The molecule has 1 amide bonds. The lowest BCUT2D eigenvalue weighted by Gasteiger charge is -2.42. The molecule has 1 N–H and O–H groups in total. The molecule has 19 heavy (non-hydrogen) atoms. The molecule has 104 valence electrons. The molecule has 2 rings (SSSR count). The maximum Gasteiger partial charge on any atom is 0.272 e. The lowest BCUT2D eigenvalue weighted by Crippen LogP contribution is -2.55. The molecule has 0 spiro atoms. The molecule has 1 aliphatic rings. The average molecular weight is 264 g/mol. The van der Waals surface area contributed by atoms with Gasteiger partial charge >= 0.3 is 0 Å². The number of aliphatic hydroxyl groups is 1. The molecule has 0 aliphatic carbocycles. The molecule has 0 bridgehead atoms. The van der Waals surface area contributed by atoms with Gasteiger partial charge in [0.15, 0.2) is 0 Å². The van der Waals surface area contributed by atoms with Gasteiger partial charge in [0.05, 0.1) is 18.3 Å². The predicted molar refractivity (Wildman–Crippen MR) is 70.9 cm³/mol. The van der Waals surface area contributed by atoms with Gasteiger partial charge in [0, 0.05) is 18.8 Å². The fourth-order valence-corrected chi connectivity index (χ4v) is 2.37. The zero-order chi connectivity index (χ0) is 14.0. The number of morpholine rings is 1. The number of aliphatic hydroxyl groups excluding tert-OH is 1. The Bertz CT molecular complexity index is 474. The summed E-state index contributed by atoms with van der Waals surface area (Å²) in [6, 6.07) is 5.40. The average Bonchev–Trinajstić information content (AvgIpc) is 2.36. The number of nitrogens with zero attached hydrogens (tertiary/aromatic N) is 2. The Balaban J connectivity index is 2.18. The number of hydrogen-bond donors (Lipinski definition) is 1. The van der Waals surface area contributed by atoms with E-state index in [2.05, 4.69) is 4.98 Å². The molecular weight excluding hydrogens is 244 g/mol. The Morgan fingerprint density at radius 1 is 1.58 bits per heavy atom. The Morgan fingerprint density at radius 3 is 2.95 bits per heavy atom. The van der Waals surface area contributed by atoms with E-state index in [1.54, 1.807) is 11.0 Å². The zero-order valence-corrected chi connectivity index (χ0v) is 11.6. The number of amides is 1. The number of rotatable bonds is 2. The van der Waals surface area contributed by atoms with Crippen LogP contribution in [0.15, 0.2) is 18.2 Å². The summed E-state index contributed by atoms with van der Waals surface area (Å²) in [6.07, 6.45) is -0.336. The van der Waals surface area contributed by atoms with E-state index in [-0.39, 0.29) is 18.6 Å². The Morgan fingerprint density at radius 2 is 2.32 bits per heavy atom. The Labute approximate surface area is 113 Å². The summed E-state index contributed by atoms with van der Waals surface area (Å²) < 4.78 is 5.70. The lowest BCUT2D eigenvalue weighted by molar-refractivity contribution is -0.139. The molecule has 0 aromatic carbocycles.